The summed E-state index contributed by atoms with van der Waals surface area (Å²) in [7, 11) is -3.88. The first-order valence-corrected chi connectivity index (χ1v) is 12.3. The largest absolute Gasteiger partial charge is 0.449 e. The average Bonchev–Trinajstić information content (AvgIpc) is 3.08. The van der Waals surface area contributed by atoms with Gasteiger partial charge in [-0.1, -0.05) is 23.7 Å². The van der Waals surface area contributed by atoms with Crippen LogP contribution in [0.5, 0.6) is 0 Å². The fourth-order valence-electron chi connectivity index (χ4n) is 3.47. The van der Waals surface area contributed by atoms with E-state index in [4.69, 9.17) is 21.5 Å². The molecule has 0 bridgehead atoms. The van der Waals surface area contributed by atoms with Crippen LogP contribution in [0.4, 0.5) is 11.4 Å². The number of esters is 1. The number of rotatable bonds is 6. The van der Waals surface area contributed by atoms with E-state index in [1.54, 1.807) is 18.2 Å². The standard InChI is InChI=1S/C24H18ClN3O7S/c1-13(21(29)27-15-7-9-16(10-8-15)36(26,33)34)35-24(32)14-6-11-17-18(12-14)23(31)28(22(17)30)20-5-3-2-4-19(20)25/h2-13H,1H3,(H,27,29)(H2,26,33,34). The van der Waals surface area contributed by atoms with Crippen LogP contribution >= 0.6 is 11.6 Å². The van der Waals surface area contributed by atoms with Gasteiger partial charge in [0.2, 0.25) is 10.0 Å². The quantitative estimate of drug-likeness (QED) is 0.369. The summed E-state index contributed by atoms with van der Waals surface area (Å²) in [5.41, 5.74) is 0.549. The molecule has 0 radical (unpaired) electrons. The molecule has 0 saturated carbocycles. The monoisotopic (exact) mass is 527 g/mol. The number of nitrogens with two attached hydrogens (primary N) is 1. The number of carbonyl (C=O) groups excluding carboxylic acids is 4. The molecule has 1 unspecified atom stereocenters. The number of hydrogen-bond donors (Lipinski definition) is 2. The zero-order valence-electron chi connectivity index (χ0n) is 18.6. The molecule has 0 saturated heterocycles. The van der Waals surface area contributed by atoms with Gasteiger partial charge in [0, 0.05) is 5.69 Å². The van der Waals surface area contributed by atoms with E-state index < -0.39 is 39.8 Å². The maximum Gasteiger partial charge on any atom is 0.338 e. The molecule has 3 aromatic carbocycles. The number of anilines is 2. The van der Waals surface area contributed by atoms with E-state index in [1.165, 1.54) is 55.5 Å². The zero-order chi connectivity index (χ0) is 26.2. The third-order valence-electron chi connectivity index (χ3n) is 5.32. The lowest BCUT2D eigenvalue weighted by Gasteiger charge is -2.15. The average molecular weight is 528 g/mol. The van der Waals surface area contributed by atoms with Gasteiger partial charge in [0.1, 0.15) is 0 Å². The van der Waals surface area contributed by atoms with Gasteiger partial charge in [0.25, 0.3) is 17.7 Å². The maximum absolute atomic E-state index is 12.9. The van der Waals surface area contributed by atoms with Crippen molar-refractivity contribution in [3.8, 4) is 0 Å². The Bertz CT molecular complexity index is 1520. The molecule has 12 heteroatoms. The molecule has 0 aromatic heterocycles. The van der Waals surface area contributed by atoms with Crippen molar-refractivity contribution < 1.29 is 32.3 Å². The molecule has 10 nitrogen and oxygen atoms in total. The molecule has 1 aliphatic heterocycles. The lowest BCUT2D eigenvalue weighted by atomic mass is 10.1. The van der Waals surface area contributed by atoms with E-state index in [9.17, 15) is 27.6 Å². The molecule has 184 valence electrons. The van der Waals surface area contributed by atoms with Crippen LogP contribution in [-0.2, 0) is 19.6 Å². The van der Waals surface area contributed by atoms with Crippen molar-refractivity contribution >= 4 is 56.7 Å². The van der Waals surface area contributed by atoms with Crippen LogP contribution in [0.25, 0.3) is 0 Å². The Kier molecular flexibility index (Phi) is 6.63. The van der Waals surface area contributed by atoms with Gasteiger partial charge < -0.3 is 10.1 Å². The summed E-state index contributed by atoms with van der Waals surface area (Å²) in [4.78, 5) is 51.6. The molecule has 0 fully saturated rings. The van der Waals surface area contributed by atoms with Crippen molar-refractivity contribution in [1.29, 1.82) is 0 Å². The SMILES string of the molecule is CC(OC(=O)c1ccc2c(c1)C(=O)N(c1ccccc1Cl)C2=O)C(=O)Nc1ccc(S(N)(=O)=O)cc1. The Balaban J connectivity index is 1.46. The van der Waals surface area contributed by atoms with E-state index in [0.29, 0.717) is 0 Å². The van der Waals surface area contributed by atoms with Crippen molar-refractivity contribution in [1.82, 2.24) is 0 Å². The normalized spacial score (nSPS) is 13.8. The van der Waals surface area contributed by atoms with Crippen LogP contribution < -0.4 is 15.4 Å². The van der Waals surface area contributed by atoms with Crippen LogP contribution in [0.3, 0.4) is 0 Å². The van der Waals surface area contributed by atoms with E-state index in [-0.39, 0.29) is 38.0 Å². The van der Waals surface area contributed by atoms with Gasteiger partial charge in [0.05, 0.1) is 32.3 Å². The number of carbonyl (C=O) groups is 4. The topological polar surface area (TPSA) is 153 Å². The highest BCUT2D eigenvalue weighted by molar-refractivity contribution is 7.89. The fraction of sp³-hybridized carbons (Fsp3) is 0.0833. The van der Waals surface area contributed by atoms with Gasteiger partial charge in [-0.3, -0.25) is 14.4 Å². The second-order valence-corrected chi connectivity index (χ2v) is 9.73. The summed E-state index contributed by atoms with van der Waals surface area (Å²) in [6.45, 7) is 1.34. The minimum absolute atomic E-state index is 0.00131. The Morgan fingerprint density at radius 2 is 1.61 bits per heavy atom. The first kappa shape index (κ1) is 25.0. The molecule has 3 N–H and O–H groups in total. The number of imide groups is 1. The number of hydrogen-bond acceptors (Lipinski definition) is 7. The molecule has 36 heavy (non-hydrogen) atoms. The summed E-state index contributed by atoms with van der Waals surface area (Å²) >= 11 is 6.14. The van der Waals surface area contributed by atoms with Gasteiger partial charge in [0.15, 0.2) is 6.10 Å². The number of sulfonamides is 1. The molecular weight excluding hydrogens is 510 g/mol. The van der Waals surface area contributed by atoms with Crippen LogP contribution in [0.15, 0.2) is 71.6 Å². The van der Waals surface area contributed by atoms with Crippen LogP contribution in [-0.4, -0.2) is 38.2 Å². The van der Waals surface area contributed by atoms with Gasteiger partial charge in [-0.15, -0.1) is 0 Å². The summed E-state index contributed by atoms with van der Waals surface area (Å²) in [5, 5.41) is 7.74. The number of amides is 3. The van der Waals surface area contributed by atoms with Gasteiger partial charge in [-0.05, 0) is 61.5 Å². The smallest absolute Gasteiger partial charge is 0.338 e. The molecule has 1 heterocycles. The predicted molar refractivity (Wildman–Crippen MR) is 130 cm³/mol. The van der Waals surface area contributed by atoms with Crippen LogP contribution in [0, 0.1) is 0 Å². The Hall–Kier alpha value is -4.06. The second kappa shape index (κ2) is 9.53. The number of ether oxygens (including phenoxy) is 1. The first-order chi connectivity index (χ1) is 17.0. The lowest BCUT2D eigenvalue weighted by Crippen LogP contribution is -2.30. The molecule has 0 aliphatic carbocycles. The zero-order valence-corrected chi connectivity index (χ0v) is 20.2. The lowest BCUT2D eigenvalue weighted by molar-refractivity contribution is -0.123. The second-order valence-electron chi connectivity index (χ2n) is 7.76. The summed E-state index contributed by atoms with van der Waals surface area (Å²) in [5.74, 6) is -2.79. The van der Waals surface area contributed by atoms with Gasteiger partial charge in [-0.25, -0.2) is 23.3 Å². The highest BCUT2D eigenvalue weighted by Crippen LogP contribution is 2.33. The number of benzene rings is 3. The van der Waals surface area contributed by atoms with E-state index in [2.05, 4.69) is 5.32 Å². The minimum Gasteiger partial charge on any atom is -0.449 e. The number of halogens is 1. The van der Waals surface area contributed by atoms with Crippen molar-refractivity contribution in [3.63, 3.8) is 0 Å². The molecule has 0 spiro atoms. The minimum atomic E-state index is -3.88. The highest BCUT2D eigenvalue weighted by atomic mass is 35.5. The van der Waals surface area contributed by atoms with Crippen molar-refractivity contribution in [3.05, 3.63) is 88.4 Å². The first-order valence-electron chi connectivity index (χ1n) is 10.4. The number of nitrogens with one attached hydrogen (secondary N) is 1. The van der Waals surface area contributed by atoms with Gasteiger partial charge in [-0.2, -0.15) is 0 Å². The van der Waals surface area contributed by atoms with Crippen molar-refractivity contribution in [2.24, 2.45) is 5.14 Å². The highest BCUT2D eigenvalue weighted by Gasteiger charge is 2.38. The third kappa shape index (κ3) is 4.85. The Morgan fingerprint density at radius 3 is 2.25 bits per heavy atom. The molecule has 3 aromatic rings. The summed E-state index contributed by atoms with van der Waals surface area (Å²) in [6, 6.07) is 15.4. The van der Waals surface area contributed by atoms with Crippen LogP contribution in [0.2, 0.25) is 5.02 Å². The number of primary sulfonamides is 1. The molecule has 3 amide bonds. The number of fused-ring (bicyclic) bond motifs is 1. The van der Waals surface area contributed by atoms with Crippen molar-refractivity contribution in [2.75, 3.05) is 10.2 Å². The molecule has 1 aliphatic rings. The number of para-hydroxylation sites is 1. The van der Waals surface area contributed by atoms with Crippen LogP contribution in [0.1, 0.15) is 38.0 Å². The summed E-state index contributed by atoms with van der Waals surface area (Å²) < 4.78 is 27.9. The molecule has 4 rings (SSSR count). The predicted octanol–water partition coefficient (Wildman–Crippen LogP) is 2.97. The van der Waals surface area contributed by atoms with Gasteiger partial charge >= 0.3 is 5.97 Å². The Labute approximate surface area is 210 Å². The molecular formula is C24H18ClN3O7S. The van der Waals surface area contributed by atoms with E-state index in [0.717, 1.165) is 4.90 Å². The van der Waals surface area contributed by atoms with E-state index in [1.807, 2.05) is 0 Å². The molecule has 1 atom stereocenters. The third-order valence-corrected chi connectivity index (χ3v) is 6.57. The number of nitrogens with zero attached hydrogens (tertiary/aromatic N) is 1. The van der Waals surface area contributed by atoms with E-state index >= 15 is 0 Å². The Morgan fingerprint density at radius 1 is 0.972 bits per heavy atom. The maximum atomic E-state index is 12.9. The fourth-order valence-corrected chi connectivity index (χ4v) is 4.21. The van der Waals surface area contributed by atoms with Crippen molar-refractivity contribution in [2.45, 2.75) is 17.9 Å². The summed E-state index contributed by atoms with van der Waals surface area (Å²) in [6.07, 6.45) is -1.24.